The molecule has 8 nitrogen and oxygen atoms in total. The average molecular weight is 510 g/mol. The summed E-state index contributed by atoms with van der Waals surface area (Å²) in [7, 11) is -2.81. The summed E-state index contributed by atoms with van der Waals surface area (Å²) < 4.78 is 69.4. The first-order valence-corrected chi connectivity index (χ1v) is 11.4. The maximum absolute atomic E-state index is 13.3. The summed E-state index contributed by atoms with van der Waals surface area (Å²) in [5, 5.41) is -0.214. The van der Waals surface area contributed by atoms with Crippen LogP contribution < -0.4 is 4.72 Å². The lowest BCUT2D eigenvalue weighted by Gasteiger charge is -2.14. The molecule has 3 heterocycles. The smallest absolute Gasteiger partial charge is 0.335 e. The van der Waals surface area contributed by atoms with Crippen LogP contribution in [-0.2, 0) is 23.2 Å². The molecular weight excluding hydrogens is 495 g/mol. The van der Waals surface area contributed by atoms with Gasteiger partial charge in [0, 0.05) is 24.8 Å². The van der Waals surface area contributed by atoms with Gasteiger partial charge in [-0.3, -0.25) is 14.5 Å². The molecule has 0 atom stereocenters. The van der Waals surface area contributed by atoms with Crippen LogP contribution >= 0.6 is 11.6 Å². The molecule has 0 fully saturated rings. The molecule has 0 aliphatic rings. The molecule has 0 saturated carbocycles. The molecule has 0 spiro atoms. The summed E-state index contributed by atoms with van der Waals surface area (Å²) in [5.74, 6) is -0.691. The van der Waals surface area contributed by atoms with Crippen LogP contribution in [0, 0.1) is 6.92 Å². The zero-order chi connectivity index (χ0) is 24.8. The number of nitrogens with one attached hydrogen (secondary N) is 1. The third-order valence-corrected chi connectivity index (χ3v) is 6.61. The van der Waals surface area contributed by atoms with Gasteiger partial charge in [0.1, 0.15) is 23.4 Å². The zero-order valence-corrected chi connectivity index (χ0v) is 19.1. The number of fused-ring (bicyclic) bond motifs is 1. The molecule has 13 heteroatoms. The maximum Gasteiger partial charge on any atom is 0.417 e. The van der Waals surface area contributed by atoms with E-state index in [1.807, 2.05) is 0 Å². The fourth-order valence-corrected chi connectivity index (χ4v) is 4.60. The molecule has 0 aliphatic carbocycles. The van der Waals surface area contributed by atoms with E-state index in [4.69, 9.17) is 11.6 Å². The van der Waals surface area contributed by atoms with E-state index in [1.54, 1.807) is 30.8 Å². The molecule has 0 amide bonds. The van der Waals surface area contributed by atoms with Gasteiger partial charge in [-0.25, -0.2) is 18.4 Å². The molecule has 0 saturated heterocycles. The minimum absolute atomic E-state index is 0.00625. The molecule has 1 aromatic carbocycles. The second-order valence-electron chi connectivity index (χ2n) is 7.37. The number of pyridine rings is 1. The van der Waals surface area contributed by atoms with Gasteiger partial charge in [-0.05, 0) is 42.8 Å². The van der Waals surface area contributed by atoms with Crippen LogP contribution in [0.2, 0.25) is 5.02 Å². The largest absolute Gasteiger partial charge is 0.417 e. The number of aromatic nitrogens is 4. The van der Waals surface area contributed by atoms with Gasteiger partial charge in [-0.2, -0.15) is 13.2 Å². The Hall–Kier alpha value is -3.51. The van der Waals surface area contributed by atoms with Crippen molar-refractivity contribution in [3.05, 3.63) is 76.6 Å². The van der Waals surface area contributed by atoms with Crippen molar-refractivity contribution in [3.63, 3.8) is 0 Å². The number of rotatable bonds is 5. The van der Waals surface area contributed by atoms with Crippen LogP contribution in [0.15, 0.2) is 53.9 Å². The van der Waals surface area contributed by atoms with E-state index < -0.39 is 37.5 Å². The Morgan fingerprint density at radius 2 is 1.82 bits per heavy atom. The maximum atomic E-state index is 13.3. The highest BCUT2D eigenvalue weighted by molar-refractivity contribution is 7.92. The van der Waals surface area contributed by atoms with Crippen molar-refractivity contribution in [2.45, 2.75) is 18.0 Å². The van der Waals surface area contributed by atoms with Gasteiger partial charge < -0.3 is 4.57 Å². The summed E-state index contributed by atoms with van der Waals surface area (Å²) >= 11 is 5.59. The lowest BCUT2D eigenvalue weighted by Crippen LogP contribution is -2.18. The average Bonchev–Trinajstić information content (AvgIpc) is 3.13. The van der Waals surface area contributed by atoms with Crippen molar-refractivity contribution in [2.75, 3.05) is 4.72 Å². The van der Waals surface area contributed by atoms with Gasteiger partial charge in [-0.1, -0.05) is 11.6 Å². The Labute approximate surface area is 196 Å². The molecule has 176 valence electrons. The Balaban J connectivity index is 1.78. The number of benzene rings is 1. The van der Waals surface area contributed by atoms with E-state index in [0.29, 0.717) is 22.7 Å². The summed E-state index contributed by atoms with van der Waals surface area (Å²) in [6.07, 6.45) is -0.623. The zero-order valence-electron chi connectivity index (χ0n) is 17.6. The lowest BCUT2D eigenvalue weighted by atomic mass is 10.1. The fraction of sp³-hybridized carbons (Fsp3) is 0.143. The minimum Gasteiger partial charge on any atom is -0.335 e. The van der Waals surface area contributed by atoms with Gasteiger partial charge in [-0.15, -0.1) is 0 Å². The van der Waals surface area contributed by atoms with Crippen molar-refractivity contribution in [1.29, 1.82) is 0 Å². The number of ketones is 1. The van der Waals surface area contributed by atoms with Gasteiger partial charge in [0.05, 0.1) is 21.2 Å². The molecule has 0 bridgehead atoms. The molecule has 0 aliphatic heterocycles. The van der Waals surface area contributed by atoms with E-state index in [1.165, 1.54) is 18.6 Å². The number of carbonyl (C=O) groups is 1. The fourth-order valence-electron chi connectivity index (χ4n) is 3.29. The quantitative estimate of drug-likeness (QED) is 0.400. The number of hydrogen-bond acceptors (Lipinski definition) is 6. The predicted octanol–water partition coefficient (Wildman–Crippen LogP) is 4.38. The molecular formula is C21H15ClF3N5O3S. The highest BCUT2D eigenvalue weighted by atomic mass is 35.5. The van der Waals surface area contributed by atoms with E-state index in [9.17, 15) is 26.4 Å². The minimum atomic E-state index is -4.86. The number of sulfonamides is 1. The number of hydrogen-bond donors (Lipinski definition) is 1. The Kier molecular flexibility index (Phi) is 5.82. The first kappa shape index (κ1) is 23.6. The van der Waals surface area contributed by atoms with E-state index in [0.717, 1.165) is 12.1 Å². The van der Waals surface area contributed by atoms with Gasteiger partial charge in [0.15, 0.2) is 0 Å². The van der Waals surface area contributed by atoms with Crippen LogP contribution in [0.3, 0.4) is 0 Å². The van der Waals surface area contributed by atoms with Crippen molar-refractivity contribution >= 4 is 44.1 Å². The first-order chi connectivity index (χ1) is 15.9. The van der Waals surface area contributed by atoms with Crippen LogP contribution in [0.5, 0.6) is 0 Å². The normalized spacial score (nSPS) is 12.2. The Morgan fingerprint density at radius 1 is 1.09 bits per heavy atom. The van der Waals surface area contributed by atoms with E-state index >= 15 is 0 Å². The molecule has 4 rings (SSSR count). The second-order valence-corrected chi connectivity index (χ2v) is 9.46. The van der Waals surface area contributed by atoms with Gasteiger partial charge >= 0.3 is 6.18 Å². The van der Waals surface area contributed by atoms with Crippen LogP contribution in [0.1, 0.15) is 27.3 Å². The Morgan fingerprint density at radius 3 is 2.53 bits per heavy atom. The number of aryl methyl sites for hydroxylation is 2. The molecule has 0 unspecified atom stereocenters. The summed E-state index contributed by atoms with van der Waals surface area (Å²) in [5.41, 5.74) is -0.807. The predicted molar refractivity (Wildman–Crippen MR) is 118 cm³/mol. The highest BCUT2D eigenvalue weighted by Gasteiger charge is 2.35. The number of anilines is 1. The monoisotopic (exact) mass is 509 g/mol. The van der Waals surface area contributed by atoms with Crippen LogP contribution in [0.25, 0.3) is 11.0 Å². The number of carbonyl (C=O) groups excluding carboxylic acids is 1. The topological polar surface area (TPSA) is 107 Å². The van der Waals surface area contributed by atoms with Crippen LogP contribution in [0.4, 0.5) is 18.9 Å². The molecule has 4 aromatic rings. The van der Waals surface area contributed by atoms with E-state index in [-0.39, 0.29) is 17.1 Å². The first-order valence-electron chi connectivity index (χ1n) is 9.55. The third-order valence-electron chi connectivity index (χ3n) is 4.91. The standard InChI is InChI=1S/C21H15ClF3N5O3S/c1-11-7-16(29-34(32,33)12-3-4-15(22)14(8-12)21(23,24)25)18(26-9-11)19(31)17-13-5-6-30(2)20(13)28-10-27-17/h3-10,29H,1-2H3. The van der Waals surface area contributed by atoms with Crippen molar-refractivity contribution in [1.82, 2.24) is 19.5 Å². The Bertz CT molecular complexity index is 1550. The molecule has 1 N–H and O–H groups in total. The number of nitrogens with zero attached hydrogens (tertiary/aromatic N) is 4. The summed E-state index contributed by atoms with van der Waals surface area (Å²) in [6, 6.07) is 5.18. The lowest BCUT2D eigenvalue weighted by molar-refractivity contribution is -0.137. The molecule has 0 radical (unpaired) electrons. The molecule has 3 aromatic heterocycles. The van der Waals surface area contributed by atoms with Crippen LogP contribution in [-0.4, -0.2) is 33.7 Å². The summed E-state index contributed by atoms with van der Waals surface area (Å²) in [4.78, 5) is 24.8. The number of halogens is 4. The van der Waals surface area contributed by atoms with E-state index in [2.05, 4.69) is 19.7 Å². The van der Waals surface area contributed by atoms with Gasteiger partial charge in [0.2, 0.25) is 5.78 Å². The van der Waals surface area contributed by atoms with Crippen molar-refractivity contribution in [2.24, 2.45) is 7.05 Å². The van der Waals surface area contributed by atoms with Gasteiger partial charge in [0.25, 0.3) is 10.0 Å². The molecule has 34 heavy (non-hydrogen) atoms. The SMILES string of the molecule is Cc1cnc(C(=O)c2ncnc3c2ccn3C)c(NS(=O)(=O)c2ccc(Cl)c(C(F)(F)F)c2)c1. The summed E-state index contributed by atoms with van der Waals surface area (Å²) in [6.45, 7) is 1.61. The van der Waals surface area contributed by atoms with Crippen molar-refractivity contribution < 1.29 is 26.4 Å². The second kappa shape index (κ2) is 8.37. The van der Waals surface area contributed by atoms with Crippen molar-refractivity contribution in [3.8, 4) is 0 Å². The highest BCUT2D eigenvalue weighted by Crippen LogP contribution is 2.36. The number of alkyl halides is 3. The third kappa shape index (κ3) is 4.33.